The molecule has 0 aliphatic carbocycles. The highest BCUT2D eigenvalue weighted by atomic mass is 19.1. The lowest BCUT2D eigenvalue weighted by Crippen LogP contribution is -2.51. The van der Waals surface area contributed by atoms with Gasteiger partial charge < -0.3 is 14.2 Å². The van der Waals surface area contributed by atoms with E-state index in [0.29, 0.717) is 18.2 Å². The lowest BCUT2D eigenvalue weighted by molar-refractivity contribution is -0.145. The maximum atomic E-state index is 14.0. The molecule has 2 aliphatic heterocycles. The first-order chi connectivity index (χ1) is 16.5. The number of hydrogen-bond acceptors (Lipinski definition) is 3. The second kappa shape index (κ2) is 9.87. The molecule has 1 atom stereocenters. The van der Waals surface area contributed by atoms with Crippen LogP contribution in [0, 0.1) is 17.2 Å². The fourth-order valence-corrected chi connectivity index (χ4v) is 5.87. The lowest BCUT2D eigenvalue weighted by Gasteiger charge is -2.42. The molecule has 5 nitrogen and oxygen atoms in total. The number of piperidine rings is 1. The first kappa shape index (κ1) is 23.0. The van der Waals surface area contributed by atoms with E-state index < -0.39 is 0 Å². The third-order valence-electron chi connectivity index (χ3n) is 8.00. The highest BCUT2D eigenvalue weighted by Crippen LogP contribution is 2.38. The monoisotopic (exact) mass is 462 g/mol. The lowest BCUT2D eigenvalue weighted by atomic mass is 9.72. The summed E-state index contributed by atoms with van der Waals surface area (Å²) < 4.78 is 15.6. The fraction of sp³-hybridized carbons (Fsp3) is 0.500. The average Bonchev–Trinajstić information content (AvgIpc) is 3.22. The summed E-state index contributed by atoms with van der Waals surface area (Å²) in [7, 11) is 2.13. The van der Waals surface area contributed by atoms with Gasteiger partial charge in [0.1, 0.15) is 5.82 Å². The standard InChI is InChI=1S/C28H35FN4O/c1-31-17-11-28(12-18-31,21-23-6-8-24(29)9-7-23)27(34)33-15-2-4-22(10-16-33)20-25-26-5-3-14-32(26)19-13-30-25/h3,5-9,13-14,19,22H,2,4,10-12,15-18,20-21H2,1H3/t22-/m1/s1. The van der Waals surface area contributed by atoms with Gasteiger partial charge in [0.15, 0.2) is 0 Å². The molecule has 0 saturated carbocycles. The Labute approximate surface area is 201 Å². The Balaban J connectivity index is 1.29. The third kappa shape index (κ3) is 4.88. The molecule has 6 heteroatoms. The fourth-order valence-electron chi connectivity index (χ4n) is 5.87. The second-order valence-electron chi connectivity index (χ2n) is 10.4. The van der Waals surface area contributed by atoms with Gasteiger partial charge in [0.05, 0.1) is 16.6 Å². The number of amides is 1. The van der Waals surface area contributed by atoms with Crippen LogP contribution in [0.3, 0.4) is 0 Å². The summed E-state index contributed by atoms with van der Waals surface area (Å²) in [6.07, 6.45) is 12.5. The normalized spacial score (nSPS) is 21.5. The largest absolute Gasteiger partial charge is 0.342 e. The van der Waals surface area contributed by atoms with Crippen LogP contribution in [0.25, 0.3) is 5.52 Å². The molecule has 4 heterocycles. The van der Waals surface area contributed by atoms with E-state index in [1.807, 2.05) is 24.5 Å². The maximum absolute atomic E-state index is 14.0. The number of fused-ring (bicyclic) bond motifs is 1. The van der Waals surface area contributed by atoms with Gasteiger partial charge in [-0.2, -0.15) is 0 Å². The van der Waals surface area contributed by atoms with Gasteiger partial charge in [0.25, 0.3) is 0 Å². The molecule has 2 aliphatic rings. The highest BCUT2D eigenvalue weighted by molar-refractivity contribution is 5.83. The molecule has 34 heavy (non-hydrogen) atoms. The summed E-state index contributed by atoms with van der Waals surface area (Å²) in [4.78, 5) is 23.1. The van der Waals surface area contributed by atoms with Crippen molar-refractivity contribution in [3.8, 4) is 0 Å². The van der Waals surface area contributed by atoms with Gasteiger partial charge in [-0.15, -0.1) is 0 Å². The Morgan fingerprint density at radius 2 is 1.85 bits per heavy atom. The first-order valence-corrected chi connectivity index (χ1v) is 12.7. The van der Waals surface area contributed by atoms with Crippen LogP contribution in [0.15, 0.2) is 55.0 Å². The van der Waals surface area contributed by atoms with Gasteiger partial charge in [-0.05, 0) is 101 Å². The SMILES string of the molecule is CN1CCC(Cc2ccc(F)cc2)(C(=O)N2CCC[C@@H](Cc3nccn4cccc34)CC2)CC1. The van der Waals surface area contributed by atoms with E-state index in [-0.39, 0.29) is 11.2 Å². The van der Waals surface area contributed by atoms with Crippen molar-refractivity contribution in [2.75, 3.05) is 33.2 Å². The summed E-state index contributed by atoms with van der Waals surface area (Å²) in [6.45, 7) is 3.50. The van der Waals surface area contributed by atoms with Gasteiger partial charge in [0, 0.05) is 31.7 Å². The molecule has 0 N–H and O–H groups in total. The number of aromatic nitrogens is 2. The Morgan fingerprint density at radius 3 is 2.65 bits per heavy atom. The highest BCUT2D eigenvalue weighted by Gasteiger charge is 2.43. The van der Waals surface area contributed by atoms with Crippen molar-refractivity contribution >= 4 is 11.4 Å². The molecular weight excluding hydrogens is 427 g/mol. The van der Waals surface area contributed by atoms with Crippen molar-refractivity contribution in [1.82, 2.24) is 19.2 Å². The van der Waals surface area contributed by atoms with Crippen LogP contribution in [0.1, 0.15) is 43.4 Å². The van der Waals surface area contributed by atoms with E-state index in [9.17, 15) is 9.18 Å². The number of benzene rings is 1. The maximum Gasteiger partial charge on any atom is 0.229 e. The zero-order chi connectivity index (χ0) is 23.5. The van der Waals surface area contributed by atoms with Gasteiger partial charge in [-0.1, -0.05) is 12.1 Å². The number of hydrogen-bond donors (Lipinski definition) is 0. The van der Waals surface area contributed by atoms with E-state index in [1.165, 1.54) is 17.6 Å². The Morgan fingerprint density at radius 1 is 1.06 bits per heavy atom. The van der Waals surface area contributed by atoms with Crippen LogP contribution in [-0.2, 0) is 17.6 Å². The van der Waals surface area contributed by atoms with Gasteiger partial charge in [0.2, 0.25) is 5.91 Å². The van der Waals surface area contributed by atoms with E-state index in [0.717, 1.165) is 76.0 Å². The van der Waals surface area contributed by atoms with Gasteiger partial charge in [-0.3, -0.25) is 9.78 Å². The minimum atomic E-state index is -0.386. The average molecular weight is 463 g/mol. The zero-order valence-corrected chi connectivity index (χ0v) is 20.1. The van der Waals surface area contributed by atoms with Crippen LogP contribution in [0.2, 0.25) is 0 Å². The molecule has 2 aromatic heterocycles. The van der Waals surface area contributed by atoms with Crippen molar-refractivity contribution < 1.29 is 9.18 Å². The molecule has 0 bridgehead atoms. The minimum absolute atomic E-state index is 0.226. The summed E-state index contributed by atoms with van der Waals surface area (Å²) in [5.74, 6) is 0.616. The number of halogens is 1. The summed E-state index contributed by atoms with van der Waals surface area (Å²) in [5, 5.41) is 0. The van der Waals surface area contributed by atoms with Crippen LogP contribution in [0.5, 0.6) is 0 Å². The Bertz CT molecular complexity index is 1120. The summed E-state index contributed by atoms with van der Waals surface area (Å²) >= 11 is 0. The first-order valence-electron chi connectivity index (χ1n) is 12.7. The van der Waals surface area contributed by atoms with Crippen LogP contribution < -0.4 is 0 Å². The molecule has 0 spiro atoms. The van der Waals surface area contributed by atoms with Crippen LogP contribution in [0.4, 0.5) is 4.39 Å². The molecule has 5 rings (SSSR count). The number of nitrogens with zero attached hydrogens (tertiary/aromatic N) is 4. The van der Waals surface area contributed by atoms with Crippen molar-refractivity contribution in [2.24, 2.45) is 11.3 Å². The predicted octanol–water partition coefficient (Wildman–Crippen LogP) is 4.60. The molecule has 180 valence electrons. The van der Waals surface area contributed by atoms with Crippen molar-refractivity contribution in [3.63, 3.8) is 0 Å². The van der Waals surface area contributed by atoms with E-state index in [2.05, 4.69) is 44.6 Å². The van der Waals surface area contributed by atoms with Crippen molar-refractivity contribution in [1.29, 1.82) is 0 Å². The molecular formula is C28H35FN4O. The zero-order valence-electron chi connectivity index (χ0n) is 20.1. The Hall–Kier alpha value is -2.73. The molecule has 1 aromatic carbocycles. The smallest absolute Gasteiger partial charge is 0.229 e. The number of likely N-dealkylation sites (tertiary alicyclic amines) is 2. The van der Waals surface area contributed by atoms with E-state index >= 15 is 0 Å². The van der Waals surface area contributed by atoms with E-state index in [4.69, 9.17) is 0 Å². The van der Waals surface area contributed by atoms with Gasteiger partial charge in [-0.25, -0.2) is 4.39 Å². The van der Waals surface area contributed by atoms with Crippen LogP contribution >= 0.6 is 0 Å². The van der Waals surface area contributed by atoms with Crippen LogP contribution in [-0.4, -0.2) is 58.3 Å². The van der Waals surface area contributed by atoms with Gasteiger partial charge >= 0.3 is 0 Å². The number of carbonyl (C=O) groups excluding carboxylic acids is 1. The molecule has 0 radical (unpaired) electrons. The number of carbonyl (C=O) groups is 1. The molecule has 2 saturated heterocycles. The molecule has 2 fully saturated rings. The quantitative estimate of drug-likeness (QED) is 0.557. The molecule has 0 unspecified atom stereocenters. The summed E-state index contributed by atoms with van der Waals surface area (Å²) in [6, 6.07) is 10.9. The number of rotatable bonds is 5. The minimum Gasteiger partial charge on any atom is -0.342 e. The second-order valence-corrected chi connectivity index (χ2v) is 10.4. The predicted molar refractivity (Wildman–Crippen MR) is 132 cm³/mol. The summed E-state index contributed by atoms with van der Waals surface area (Å²) in [5.41, 5.74) is 3.01. The van der Waals surface area contributed by atoms with Crippen molar-refractivity contribution in [2.45, 2.75) is 44.9 Å². The third-order valence-corrected chi connectivity index (χ3v) is 8.00. The van der Waals surface area contributed by atoms with Crippen molar-refractivity contribution in [3.05, 3.63) is 72.1 Å². The molecule has 3 aromatic rings. The Kier molecular flexibility index (Phi) is 6.68. The van der Waals surface area contributed by atoms with E-state index in [1.54, 1.807) is 0 Å². The topological polar surface area (TPSA) is 40.9 Å². The molecule has 1 amide bonds.